The van der Waals surface area contributed by atoms with E-state index in [0.29, 0.717) is 41.7 Å². The Kier molecular flexibility index (Phi) is 4.06. The summed E-state index contributed by atoms with van der Waals surface area (Å²) in [5.41, 5.74) is 5.68. The van der Waals surface area contributed by atoms with Crippen molar-refractivity contribution in [3.63, 3.8) is 0 Å². The molecule has 168 valence electrons. The molecule has 0 radical (unpaired) electrons. The summed E-state index contributed by atoms with van der Waals surface area (Å²) in [6.07, 6.45) is -0.133. The summed E-state index contributed by atoms with van der Waals surface area (Å²) in [5.74, 6) is -2.82. The van der Waals surface area contributed by atoms with Gasteiger partial charge >= 0.3 is 0 Å². The van der Waals surface area contributed by atoms with Crippen molar-refractivity contribution >= 4 is 35.0 Å². The van der Waals surface area contributed by atoms with E-state index in [4.69, 9.17) is 15.2 Å². The van der Waals surface area contributed by atoms with Gasteiger partial charge in [0.2, 0.25) is 23.3 Å². The van der Waals surface area contributed by atoms with Crippen molar-refractivity contribution in [2.45, 2.75) is 18.0 Å². The zero-order valence-corrected chi connectivity index (χ0v) is 17.4. The number of hydrogen-bond donors (Lipinski definition) is 3. The van der Waals surface area contributed by atoms with Crippen LogP contribution in [-0.4, -0.2) is 42.9 Å². The average Bonchev–Trinajstić information content (AvgIpc) is 3.37. The van der Waals surface area contributed by atoms with Gasteiger partial charge in [-0.25, -0.2) is 4.90 Å². The molecule has 33 heavy (non-hydrogen) atoms. The molecule has 2 fully saturated rings. The van der Waals surface area contributed by atoms with Crippen LogP contribution in [0.4, 0.5) is 11.4 Å². The Morgan fingerprint density at radius 3 is 2.64 bits per heavy atom. The third-order valence-electron chi connectivity index (χ3n) is 7.00. The number of benzene rings is 2. The van der Waals surface area contributed by atoms with E-state index in [9.17, 15) is 19.2 Å². The summed E-state index contributed by atoms with van der Waals surface area (Å²) in [7, 11) is 0. The molecule has 1 spiro atoms. The van der Waals surface area contributed by atoms with Crippen LogP contribution in [0.3, 0.4) is 0 Å². The van der Waals surface area contributed by atoms with Crippen LogP contribution in [0.15, 0.2) is 42.5 Å². The number of amides is 4. The largest absolute Gasteiger partial charge is 0.486 e. The maximum Gasteiger partial charge on any atom is 0.291 e. The van der Waals surface area contributed by atoms with Crippen LogP contribution in [0, 0.1) is 11.8 Å². The first-order valence-electron chi connectivity index (χ1n) is 10.7. The second kappa shape index (κ2) is 6.79. The van der Waals surface area contributed by atoms with Crippen molar-refractivity contribution in [2.24, 2.45) is 17.6 Å². The van der Waals surface area contributed by atoms with Crippen molar-refractivity contribution in [3.05, 3.63) is 48.0 Å². The van der Waals surface area contributed by atoms with Gasteiger partial charge in [-0.3, -0.25) is 19.2 Å². The number of nitrogens with zero attached hydrogens (tertiary/aromatic N) is 1. The van der Waals surface area contributed by atoms with Crippen LogP contribution in [0.2, 0.25) is 0 Å². The molecule has 10 heteroatoms. The van der Waals surface area contributed by atoms with Gasteiger partial charge in [0.05, 0.1) is 17.8 Å². The molecule has 0 unspecified atom stereocenters. The number of rotatable bonds is 3. The van der Waals surface area contributed by atoms with Gasteiger partial charge in [0.1, 0.15) is 31.1 Å². The Morgan fingerprint density at radius 2 is 1.85 bits per heavy atom. The Hall–Kier alpha value is -3.92. The maximum absolute atomic E-state index is 13.8. The lowest BCUT2D eigenvalue weighted by Crippen LogP contribution is -2.99. The fraction of sp³-hybridized carbons (Fsp3) is 0.304. The topological polar surface area (TPSA) is 145 Å². The fourth-order valence-electron chi connectivity index (χ4n) is 5.77. The van der Waals surface area contributed by atoms with E-state index in [1.165, 1.54) is 0 Å². The molecular weight excluding hydrogens is 428 g/mol. The van der Waals surface area contributed by atoms with E-state index in [2.05, 4.69) is 5.32 Å². The second-order valence-corrected chi connectivity index (χ2v) is 8.71. The van der Waals surface area contributed by atoms with Gasteiger partial charge in [-0.05, 0) is 18.2 Å². The molecule has 4 aliphatic rings. The van der Waals surface area contributed by atoms with Crippen molar-refractivity contribution in [3.8, 4) is 11.5 Å². The molecule has 2 aromatic rings. The summed E-state index contributed by atoms with van der Waals surface area (Å²) in [4.78, 5) is 53.8. The highest BCUT2D eigenvalue weighted by Crippen LogP contribution is 2.50. The van der Waals surface area contributed by atoms with E-state index in [-0.39, 0.29) is 12.3 Å². The third-order valence-corrected chi connectivity index (χ3v) is 7.00. The van der Waals surface area contributed by atoms with Crippen LogP contribution in [0.5, 0.6) is 11.5 Å². The van der Waals surface area contributed by atoms with Gasteiger partial charge in [-0.1, -0.05) is 18.2 Å². The van der Waals surface area contributed by atoms with Gasteiger partial charge < -0.3 is 25.8 Å². The molecule has 2 aromatic carbocycles. The molecule has 4 heterocycles. The summed E-state index contributed by atoms with van der Waals surface area (Å²) in [6, 6.07) is 11.3. The van der Waals surface area contributed by atoms with E-state index in [0.717, 1.165) is 4.90 Å². The van der Waals surface area contributed by atoms with Crippen molar-refractivity contribution in [1.29, 1.82) is 0 Å². The standard InChI is InChI=1S/C23H20N4O6/c24-17(28)10-14-18-19(23(26-14)12-3-1-2-4-13(12)25-22(23)31)21(30)27(20(18)29)11-5-6-15-16(9-11)33-8-7-32-15/h1-6,9,14,18-19,26H,7-8,10H2,(H2,24,28)(H,25,31)/p+1/t14-,18+,19-,23-/m0/s1. The van der Waals surface area contributed by atoms with E-state index in [1.807, 2.05) is 0 Å². The number of anilines is 2. The van der Waals surface area contributed by atoms with E-state index >= 15 is 0 Å². The van der Waals surface area contributed by atoms with Crippen molar-refractivity contribution < 1.29 is 34.0 Å². The molecule has 10 nitrogen and oxygen atoms in total. The number of carbonyl (C=O) groups is 4. The van der Waals surface area contributed by atoms with E-state index in [1.54, 1.807) is 47.8 Å². The van der Waals surface area contributed by atoms with Gasteiger partial charge in [0, 0.05) is 11.6 Å². The first kappa shape index (κ1) is 19.7. The number of carbonyl (C=O) groups excluding carboxylic acids is 4. The number of hydrogen-bond acceptors (Lipinski definition) is 6. The summed E-state index contributed by atoms with van der Waals surface area (Å²) >= 11 is 0. The predicted octanol–water partition coefficient (Wildman–Crippen LogP) is -0.768. The molecule has 4 aliphatic heterocycles. The van der Waals surface area contributed by atoms with Crippen LogP contribution < -0.4 is 30.7 Å². The minimum Gasteiger partial charge on any atom is -0.486 e. The molecule has 4 atom stereocenters. The highest BCUT2D eigenvalue weighted by molar-refractivity contribution is 6.25. The summed E-state index contributed by atoms with van der Waals surface area (Å²) in [5, 5.41) is 4.53. The monoisotopic (exact) mass is 449 g/mol. The second-order valence-electron chi connectivity index (χ2n) is 8.71. The van der Waals surface area contributed by atoms with Gasteiger partial charge in [-0.15, -0.1) is 0 Å². The number of nitrogens with two attached hydrogens (primary N) is 2. The van der Waals surface area contributed by atoms with Crippen LogP contribution in [0.25, 0.3) is 0 Å². The number of fused-ring (bicyclic) bond motifs is 5. The number of ether oxygens (including phenoxy) is 2. The molecule has 0 aromatic heterocycles. The van der Waals surface area contributed by atoms with E-state index < -0.39 is 41.1 Å². The minimum absolute atomic E-state index is 0.133. The smallest absolute Gasteiger partial charge is 0.291 e. The highest BCUT2D eigenvalue weighted by atomic mass is 16.6. The Labute approximate surface area is 188 Å². The lowest BCUT2D eigenvalue weighted by atomic mass is 9.76. The molecule has 0 saturated carbocycles. The number of imide groups is 1. The number of nitrogens with one attached hydrogen (secondary N) is 1. The zero-order valence-electron chi connectivity index (χ0n) is 17.4. The Balaban J connectivity index is 1.48. The predicted molar refractivity (Wildman–Crippen MR) is 113 cm³/mol. The Morgan fingerprint density at radius 1 is 1.09 bits per heavy atom. The Bertz CT molecular complexity index is 1250. The number of quaternary nitrogens is 1. The molecule has 5 N–H and O–H groups in total. The summed E-state index contributed by atoms with van der Waals surface area (Å²) in [6.45, 7) is 0.777. The molecule has 0 bridgehead atoms. The SMILES string of the molecule is NC(=O)C[C@@H]1[NH2+][C@]2(C(=O)Nc3ccccc32)[C@@H]2C(=O)N(c3ccc4c(c3)OCCO4)C(=O)[C@H]12. The van der Waals surface area contributed by atoms with Crippen molar-refractivity contribution in [1.82, 2.24) is 0 Å². The number of para-hydroxylation sites is 1. The lowest BCUT2D eigenvalue weighted by molar-refractivity contribution is -0.732. The first-order valence-corrected chi connectivity index (χ1v) is 10.7. The van der Waals surface area contributed by atoms with Gasteiger partial charge in [0.15, 0.2) is 11.5 Å². The third kappa shape index (κ3) is 2.58. The normalized spacial score (nSPS) is 29.3. The van der Waals surface area contributed by atoms with Gasteiger partial charge in [-0.2, -0.15) is 0 Å². The zero-order chi connectivity index (χ0) is 22.9. The summed E-state index contributed by atoms with van der Waals surface area (Å²) < 4.78 is 11.1. The molecule has 2 saturated heterocycles. The first-order chi connectivity index (χ1) is 15.9. The highest BCUT2D eigenvalue weighted by Gasteiger charge is 2.74. The van der Waals surface area contributed by atoms with Gasteiger partial charge in [0.25, 0.3) is 5.91 Å². The molecular formula is C23H21N4O6+. The maximum atomic E-state index is 13.8. The minimum atomic E-state index is -1.35. The average molecular weight is 449 g/mol. The molecule has 4 amide bonds. The quantitative estimate of drug-likeness (QED) is 0.525. The molecule has 0 aliphatic carbocycles. The van der Waals surface area contributed by atoms with Crippen molar-refractivity contribution in [2.75, 3.05) is 23.4 Å². The fourth-order valence-corrected chi connectivity index (χ4v) is 5.77. The van der Waals surface area contributed by atoms with Crippen LogP contribution in [-0.2, 0) is 24.7 Å². The van der Waals surface area contributed by atoms with Crippen LogP contribution >= 0.6 is 0 Å². The molecule has 6 rings (SSSR count). The van der Waals surface area contributed by atoms with Crippen LogP contribution in [0.1, 0.15) is 12.0 Å². The lowest BCUT2D eigenvalue weighted by Gasteiger charge is -2.26. The number of primary amides is 1.